The number of rotatable bonds is 5. The van der Waals surface area contributed by atoms with Gasteiger partial charge in [-0.15, -0.1) is 0 Å². The maximum Gasteiger partial charge on any atom is 0.106 e. The van der Waals surface area contributed by atoms with Crippen LogP contribution in [0.2, 0.25) is 0 Å². The second-order valence-corrected chi connectivity index (χ2v) is 4.61. The number of nitrogens with two attached hydrogens (primary N) is 1. The molecule has 0 saturated heterocycles. The van der Waals surface area contributed by atoms with Crippen molar-refractivity contribution in [1.29, 1.82) is 0 Å². The van der Waals surface area contributed by atoms with Crippen LogP contribution >= 0.6 is 12.2 Å². The Morgan fingerprint density at radius 1 is 1.38 bits per heavy atom. The first-order valence-electron chi connectivity index (χ1n) is 5.73. The van der Waals surface area contributed by atoms with E-state index < -0.39 is 0 Å². The molecule has 3 heteroatoms. The largest absolute Gasteiger partial charge is 0.389 e. The van der Waals surface area contributed by atoms with Crippen molar-refractivity contribution in [3.63, 3.8) is 0 Å². The summed E-state index contributed by atoms with van der Waals surface area (Å²) in [5, 5.41) is 0. The zero-order valence-electron chi connectivity index (χ0n) is 10.2. The number of hydrogen-bond donors (Lipinski definition) is 1. The van der Waals surface area contributed by atoms with Gasteiger partial charge in [-0.3, -0.25) is 0 Å². The molecule has 0 unspecified atom stereocenters. The number of para-hydroxylation sites is 1. The summed E-state index contributed by atoms with van der Waals surface area (Å²) in [6, 6.07) is 8.53. The predicted octanol–water partition coefficient (Wildman–Crippen LogP) is 2.95. The van der Waals surface area contributed by atoms with E-state index in [1.165, 1.54) is 0 Å². The molecule has 1 aromatic carbocycles. The van der Waals surface area contributed by atoms with Crippen LogP contribution in [-0.4, -0.2) is 17.6 Å². The zero-order valence-corrected chi connectivity index (χ0v) is 11.1. The lowest BCUT2D eigenvalue weighted by atomic mass is 10.1. The van der Waals surface area contributed by atoms with Crippen LogP contribution in [0.3, 0.4) is 0 Å². The average Bonchev–Trinajstić information content (AvgIpc) is 2.25. The highest BCUT2D eigenvalue weighted by Crippen LogP contribution is 2.22. The van der Waals surface area contributed by atoms with Crippen LogP contribution in [0, 0.1) is 0 Å². The Morgan fingerprint density at radius 2 is 2.00 bits per heavy atom. The van der Waals surface area contributed by atoms with Gasteiger partial charge in [0, 0.05) is 23.8 Å². The first-order valence-corrected chi connectivity index (χ1v) is 6.14. The average molecular weight is 236 g/mol. The molecular formula is C13H20N2S. The molecule has 2 N–H and O–H groups in total. The van der Waals surface area contributed by atoms with Gasteiger partial charge >= 0.3 is 0 Å². The molecule has 1 rings (SSSR count). The zero-order chi connectivity index (χ0) is 12.1. The Bertz CT molecular complexity index is 361. The van der Waals surface area contributed by atoms with Gasteiger partial charge < -0.3 is 10.6 Å². The Balaban J connectivity index is 3.12. The summed E-state index contributed by atoms with van der Waals surface area (Å²) in [5.41, 5.74) is 7.87. The minimum Gasteiger partial charge on any atom is -0.389 e. The van der Waals surface area contributed by atoms with Crippen LogP contribution < -0.4 is 10.6 Å². The first-order chi connectivity index (χ1) is 7.57. The number of benzene rings is 1. The topological polar surface area (TPSA) is 29.3 Å². The highest BCUT2D eigenvalue weighted by molar-refractivity contribution is 7.80. The number of nitrogens with zero attached hydrogens (tertiary/aromatic N) is 1. The van der Waals surface area contributed by atoms with Crippen LogP contribution in [0.4, 0.5) is 5.69 Å². The molecule has 1 aromatic rings. The monoisotopic (exact) mass is 236 g/mol. The van der Waals surface area contributed by atoms with Gasteiger partial charge in [0.2, 0.25) is 0 Å². The molecule has 0 aliphatic carbocycles. The smallest absolute Gasteiger partial charge is 0.106 e. The van der Waals surface area contributed by atoms with E-state index in [0.717, 1.165) is 24.2 Å². The van der Waals surface area contributed by atoms with Gasteiger partial charge in [0.25, 0.3) is 0 Å². The summed E-state index contributed by atoms with van der Waals surface area (Å²) in [7, 11) is 0. The molecular weight excluding hydrogens is 216 g/mol. The van der Waals surface area contributed by atoms with E-state index in [1.807, 2.05) is 18.2 Å². The lowest BCUT2D eigenvalue weighted by Gasteiger charge is -2.30. The molecule has 0 aliphatic heterocycles. The second kappa shape index (κ2) is 5.85. The van der Waals surface area contributed by atoms with E-state index in [-0.39, 0.29) is 0 Å². The molecule has 0 heterocycles. The molecule has 0 aliphatic rings. The Kier molecular flexibility index (Phi) is 4.74. The Labute approximate surface area is 103 Å². The fourth-order valence-electron chi connectivity index (χ4n) is 1.83. The molecule has 88 valence electrons. The third-order valence-corrected chi connectivity index (χ3v) is 2.79. The van der Waals surface area contributed by atoms with E-state index in [4.69, 9.17) is 18.0 Å². The highest BCUT2D eigenvalue weighted by atomic mass is 32.1. The van der Waals surface area contributed by atoms with E-state index in [9.17, 15) is 0 Å². The molecule has 0 radical (unpaired) electrons. The van der Waals surface area contributed by atoms with Crippen molar-refractivity contribution >= 4 is 22.9 Å². The summed E-state index contributed by atoms with van der Waals surface area (Å²) < 4.78 is 0. The molecule has 0 atom stereocenters. The summed E-state index contributed by atoms with van der Waals surface area (Å²) in [6.45, 7) is 7.58. The van der Waals surface area contributed by atoms with Gasteiger partial charge in [-0.1, -0.05) is 31.3 Å². The van der Waals surface area contributed by atoms with Crippen LogP contribution in [0.5, 0.6) is 0 Å². The summed E-state index contributed by atoms with van der Waals surface area (Å²) in [4.78, 5) is 2.81. The Hall–Kier alpha value is -1.09. The first kappa shape index (κ1) is 13.0. The number of hydrogen-bond acceptors (Lipinski definition) is 2. The van der Waals surface area contributed by atoms with E-state index in [0.29, 0.717) is 11.0 Å². The van der Waals surface area contributed by atoms with Crippen LogP contribution in [-0.2, 0) is 0 Å². The molecule has 0 aromatic heterocycles. The number of thiocarbonyl (C=S) groups is 1. The number of anilines is 1. The van der Waals surface area contributed by atoms with Gasteiger partial charge in [0.05, 0.1) is 0 Å². The maximum absolute atomic E-state index is 5.75. The van der Waals surface area contributed by atoms with E-state index >= 15 is 0 Å². The molecule has 0 saturated carbocycles. The molecule has 0 bridgehead atoms. The second-order valence-electron chi connectivity index (χ2n) is 4.17. The Morgan fingerprint density at radius 3 is 2.50 bits per heavy atom. The lowest BCUT2D eigenvalue weighted by molar-refractivity contribution is 0.671. The van der Waals surface area contributed by atoms with Crippen LogP contribution in [0.25, 0.3) is 0 Å². The van der Waals surface area contributed by atoms with Gasteiger partial charge in [0.1, 0.15) is 4.99 Å². The highest BCUT2D eigenvalue weighted by Gasteiger charge is 2.14. The predicted molar refractivity (Wildman–Crippen MR) is 75.1 cm³/mol. The fraction of sp³-hybridized carbons (Fsp3) is 0.462. The summed E-state index contributed by atoms with van der Waals surface area (Å²) >= 11 is 5.09. The molecule has 0 amide bonds. The normalized spacial score (nSPS) is 10.5. The van der Waals surface area contributed by atoms with Gasteiger partial charge in [-0.05, 0) is 32.4 Å². The van der Waals surface area contributed by atoms with Crippen LogP contribution in [0.15, 0.2) is 24.3 Å². The van der Waals surface area contributed by atoms with Crippen molar-refractivity contribution in [3.05, 3.63) is 29.8 Å². The summed E-state index contributed by atoms with van der Waals surface area (Å²) in [5.74, 6) is 0. The maximum atomic E-state index is 5.75. The van der Waals surface area contributed by atoms with Crippen LogP contribution in [0.1, 0.15) is 32.8 Å². The minimum atomic E-state index is 0.454. The molecule has 0 fully saturated rings. The SMILES string of the molecule is CCCN(c1ccccc1C(N)=S)C(C)C. The van der Waals surface area contributed by atoms with E-state index in [2.05, 4.69) is 31.7 Å². The van der Waals surface area contributed by atoms with E-state index in [1.54, 1.807) is 0 Å². The third-order valence-electron chi connectivity index (χ3n) is 2.57. The van der Waals surface area contributed by atoms with Gasteiger partial charge in [-0.25, -0.2) is 0 Å². The fourth-order valence-corrected chi connectivity index (χ4v) is 2.00. The minimum absolute atomic E-state index is 0.454. The molecule has 0 spiro atoms. The van der Waals surface area contributed by atoms with Crippen molar-refractivity contribution in [1.82, 2.24) is 0 Å². The lowest BCUT2D eigenvalue weighted by Crippen LogP contribution is -2.33. The quantitative estimate of drug-likeness (QED) is 0.797. The van der Waals surface area contributed by atoms with Gasteiger partial charge in [-0.2, -0.15) is 0 Å². The van der Waals surface area contributed by atoms with Crippen molar-refractivity contribution in [2.75, 3.05) is 11.4 Å². The van der Waals surface area contributed by atoms with Gasteiger partial charge in [0.15, 0.2) is 0 Å². The third kappa shape index (κ3) is 2.95. The summed E-state index contributed by atoms with van der Waals surface area (Å²) in [6.07, 6.45) is 1.11. The molecule has 2 nitrogen and oxygen atoms in total. The standard InChI is InChI=1S/C13H20N2S/c1-4-9-15(10(2)3)12-8-6-5-7-11(12)13(14)16/h5-8,10H,4,9H2,1-3H3,(H2,14,16). The van der Waals surface area contributed by atoms with Crippen molar-refractivity contribution in [2.24, 2.45) is 5.73 Å². The van der Waals surface area contributed by atoms with Crippen molar-refractivity contribution in [3.8, 4) is 0 Å². The molecule has 16 heavy (non-hydrogen) atoms. The van der Waals surface area contributed by atoms with Crippen molar-refractivity contribution < 1.29 is 0 Å². The van der Waals surface area contributed by atoms with Crippen molar-refractivity contribution in [2.45, 2.75) is 33.2 Å².